The fourth-order valence-electron chi connectivity index (χ4n) is 3.01. The Hall–Kier alpha value is -3.10. The van der Waals surface area contributed by atoms with Crippen molar-refractivity contribution in [3.05, 3.63) is 76.7 Å². The Kier molecular flexibility index (Phi) is 6.82. The molecule has 0 aliphatic heterocycles. The van der Waals surface area contributed by atoms with Gasteiger partial charge in [-0.2, -0.15) is 13.2 Å². The first kappa shape index (κ1) is 22.6. The van der Waals surface area contributed by atoms with Crippen LogP contribution in [0.2, 0.25) is 0 Å². The van der Waals surface area contributed by atoms with E-state index < -0.39 is 11.7 Å². The minimum Gasteiger partial charge on any atom is -0.487 e. The quantitative estimate of drug-likeness (QED) is 0.447. The maximum atomic E-state index is 12.7. The summed E-state index contributed by atoms with van der Waals surface area (Å²) in [6.07, 6.45) is -2.96. The zero-order valence-corrected chi connectivity index (χ0v) is 17.4. The number of benzene rings is 2. The summed E-state index contributed by atoms with van der Waals surface area (Å²) in [5.74, 6) is 0.876. The lowest BCUT2D eigenvalue weighted by Crippen LogP contribution is -2.10. The summed E-state index contributed by atoms with van der Waals surface area (Å²) in [6.45, 7) is 6.37. The smallest absolute Gasteiger partial charge is 0.416 e. The largest absolute Gasteiger partial charge is 0.487 e. The predicted molar refractivity (Wildman–Crippen MR) is 111 cm³/mol. The van der Waals surface area contributed by atoms with Crippen molar-refractivity contribution in [2.24, 2.45) is 0 Å². The molecule has 164 valence electrons. The van der Waals surface area contributed by atoms with Crippen LogP contribution in [0.1, 0.15) is 36.2 Å². The number of aromatic nitrogens is 1. The third kappa shape index (κ3) is 5.74. The van der Waals surface area contributed by atoms with Crippen molar-refractivity contribution in [1.29, 1.82) is 0 Å². The van der Waals surface area contributed by atoms with Crippen LogP contribution in [0.25, 0.3) is 17.0 Å². The van der Waals surface area contributed by atoms with Crippen LogP contribution in [0.5, 0.6) is 5.75 Å². The van der Waals surface area contributed by atoms with Crippen LogP contribution in [0, 0.1) is 6.92 Å². The van der Waals surface area contributed by atoms with Gasteiger partial charge in [0, 0.05) is 12.1 Å². The summed E-state index contributed by atoms with van der Waals surface area (Å²) in [5, 5.41) is 8.91. The highest BCUT2D eigenvalue weighted by Gasteiger charge is 2.30. The maximum absolute atomic E-state index is 12.7. The summed E-state index contributed by atoms with van der Waals surface area (Å²) in [5.41, 5.74) is 6.42. The number of hydroxylamine groups is 1. The van der Waals surface area contributed by atoms with Crippen LogP contribution >= 0.6 is 0 Å². The molecular weight excluding hydrogens is 409 g/mol. The van der Waals surface area contributed by atoms with Gasteiger partial charge >= 0.3 is 6.18 Å². The van der Waals surface area contributed by atoms with E-state index >= 15 is 0 Å². The van der Waals surface area contributed by atoms with Crippen LogP contribution in [0.15, 0.2) is 58.7 Å². The molecular formula is C23H23F3N2O3. The Morgan fingerprint density at radius 2 is 1.84 bits per heavy atom. The topological polar surface area (TPSA) is 67.5 Å². The molecule has 3 rings (SSSR count). The second-order valence-electron chi connectivity index (χ2n) is 7.28. The minimum atomic E-state index is -4.39. The van der Waals surface area contributed by atoms with E-state index in [9.17, 15) is 13.2 Å². The number of ether oxygens (including phenoxy) is 1. The molecule has 0 unspecified atom stereocenters. The molecule has 8 heteroatoms. The molecule has 0 saturated heterocycles. The number of hydrogen-bond acceptors (Lipinski definition) is 5. The van der Waals surface area contributed by atoms with Crippen LogP contribution in [-0.4, -0.2) is 16.7 Å². The molecule has 2 N–H and O–H groups in total. The number of hydrogen-bond donors (Lipinski definition) is 2. The van der Waals surface area contributed by atoms with Gasteiger partial charge in [-0.1, -0.05) is 11.6 Å². The van der Waals surface area contributed by atoms with E-state index in [1.165, 1.54) is 18.4 Å². The minimum absolute atomic E-state index is 0.146. The second kappa shape index (κ2) is 9.36. The average molecular weight is 432 g/mol. The molecule has 0 saturated carbocycles. The number of nitrogens with one attached hydrogen (secondary N) is 1. The molecule has 0 spiro atoms. The summed E-state index contributed by atoms with van der Waals surface area (Å²) < 4.78 is 49.4. The molecule has 0 amide bonds. The van der Waals surface area contributed by atoms with Gasteiger partial charge in [0.15, 0.2) is 0 Å². The van der Waals surface area contributed by atoms with Crippen molar-refractivity contribution in [3.63, 3.8) is 0 Å². The van der Waals surface area contributed by atoms with Gasteiger partial charge in [0.1, 0.15) is 24.3 Å². The number of oxazole rings is 1. The third-order valence-corrected chi connectivity index (χ3v) is 4.87. The molecule has 1 aromatic heterocycles. The summed E-state index contributed by atoms with van der Waals surface area (Å²) in [6, 6.07) is 10.5. The second-order valence-corrected chi connectivity index (χ2v) is 7.28. The first-order chi connectivity index (χ1) is 14.7. The Labute approximate surface area is 178 Å². The molecule has 0 radical (unpaired) electrons. The third-order valence-electron chi connectivity index (χ3n) is 4.87. The molecule has 5 nitrogen and oxygen atoms in total. The van der Waals surface area contributed by atoms with Crippen LogP contribution < -0.4 is 10.2 Å². The fourth-order valence-corrected chi connectivity index (χ4v) is 3.01. The van der Waals surface area contributed by atoms with E-state index in [-0.39, 0.29) is 12.5 Å². The number of rotatable bonds is 7. The molecule has 0 aliphatic carbocycles. The van der Waals surface area contributed by atoms with Gasteiger partial charge in [-0.25, -0.2) is 10.5 Å². The normalized spacial score (nSPS) is 12.6. The lowest BCUT2D eigenvalue weighted by molar-refractivity contribution is -0.137. The summed E-state index contributed by atoms with van der Waals surface area (Å²) in [7, 11) is 0. The zero-order chi connectivity index (χ0) is 22.6. The van der Waals surface area contributed by atoms with Crippen molar-refractivity contribution in [3.8, 4) is 17.2 Å². The van der Waals surface area contributed by atoms with Gasteiger partial charge in [-0.3, -0.25) is 0 Å². The van der Waals surface area contributed by atoms with E-state index in [0.29, 0.717) is 23.6 Å². The Balaban J connectivity index is 1.72. The molecule has 0 aliphatic rings. The predicted octanol–water partition coefficient (Wildman–Crippen LogP) is 6.02. The molecule has 31 heavy (non-hydrogen) atoms. The van der Waals surface area contributed by atoms with Crippen LogP contribution in [0.3, 0.4) is 0 Å². The Morgan fingerprint density at radius 1 is 1.13 bits per heavy atom. The van der Waals surface area contributed by atoms with Gasteiger partial charge in [0.2, 0.25) is 5.89 Å². The van der Waals surface area contributed by atoms with Gasteiger partial charge in [-0.05, 0) is 73.9 Å². The maximum Gasteiger partial charge on any atom is 0.416 e. The van der Waals surface area contributed by atoms with Gasteiger partial charge in [0.05, 0.1) is 5.56 Å². The van der Waals surface area contributed by atoms with Crippen molar-refractivity contribution in [2.75, 3.05) is 6.54 Å². The number of allylic oxidation sites excluding steroid dienone is 1. The number of aryl methyl sites for hydroxylation is 1. The van der Waals surface area contributed by atoms with E-state index in [0.717, 1.165) is 34.4 Å². The van der Waals surface area contributed by atoms with E-state index in [2.05, 4.69) is 10.5 Å². The van der Waals surface area contributed by atoms with Crippen LogP contribution in [0.4, 0.5) is 13.2 Å². The van der Waals surface area contributed by atoms with E-state index in [1.54, 1.807) is 0 Å². The molecule has 0 fully saturated rings. The van der Waals surface area contributed by atoms with Gasteiger partial charge < -0.3 is 14.4 Å². The molecule has 1 heterocycles. The highest BCUT2D eigenvalue weighted by atomic mass is 19.4. The number of halogens is 3. The summed E-state index contributed by atoms with van der Waals surface area (Å²) in [4.78, 5) is 4.30. The standard InChI is InChI=1S/C23H23F3N2O3/c1-14-8-18(16(3)15(2)11-27-29)10-21(9-14)30-12-20-13-31-22(28-20)17-4-6-19(7-5-17)23(24,25)26/h4-10,13,27,29H,11-12H2,1-3H3/b16-15+. The van der Waals surface area contributed by atoms with Gasteiger partial charge in [0.25, 0.3) is 0 Å². The van der Waals surface area contributed by atoms with Crippen molar-refractivity contribution >= 4 is 5.57 Å². The molecule has 2 aromatic carbocycles. The Bertz CT molecular complexity index is 1070. The van der Waals surface area contributed by atoms with Crippen LogP contribution in [-0.2, 0) is 12.8 Å². The lowest BCUT2D eigenvalue weighted by Gasteiger charge is -2.12. The molecule has 0 atom stereocenters. The first-order valence-corrected chi connectivity index (χ1v) is 9.57. The van der Waals surface area contributed by atoms with Gasteiger partial charge in [-0.15, -0.1) is 0 Å². The number of alkyl halides is 3. The first-order valence-electron chi connectivity index (χ1n) is 9.57. The highest BCUT2D eigenvalue weighted by molar-refractivity contribution is 5.68. The van der Waals surface area contributed by atoms with E-state index in [4.69, 9.17) is 14.4 Å². The Morgan fingerprint density at radius 3 is 2.48 bits per heavy atom. The van der Waals surface area contributed by atoms with Crippen molar-refractivity contribution in [2.45, 2.75) is 33.6 Å². The SMILES string of the molecule is C/C(CNO)=C(/C)c1cc(C)cc(OCc2coc(-c3ccc(C(F)(F)F)cc3)n2)c1. The number of nitrogens with zero attached hydrogens (tertiary/aromatic N) is 1. The van der Waals surface area contributed by atoms with E-state index in [1.807, 2.05) is 39.0 Å². The highest BCUT2D eigenvalue weighted by Crippen LogP contribution is 2.31. The monoisotopic (exact) mass is 432 g/mol. The molecule has 3 aromatic rings. The zero-order valence-electron chi connectivity index (χ0n) is 17.4. The average Bonchev–Trinajstić information content (AvgIpc) is 3.20. The van der Waals surface area contributed by atoms with Crippen molar-refractivity contribution < 1.29 is 27.5 Å². The lowest BCUT2D eigenvalue weighted by atomic mass is 10.0. The fraction of sp³-hybridized carbons (Fsp3) is 0.261. The molecule has 0 bridgehead atoms. The summed E-state index contributed by atoms with van der Waals surface area (Å²) >= 11 is 0. The van der Waals surface area contributed by atoms with Crippen molar-refractivity contribution in [1.82, 2.24) is 10.5 Å².